The van der Waals surface area contributed by atoms with E-state index in [-0.39, 0.29) is 16.5 Å². The summed E-state index contributed by atoms with van der Waals surface area (Å²) in [5, 5.41) is 0.149. The van der Waals surface area contributed by atoms with Gasteiger partial charge in [-0.25, -0.2) is 9.38 Å². The molecule has 2 heterocycles. The minimum absolute atomic E-state index is 0.149. The van der Waals surface area contributed by atoms with Crippen molar-refractivity contribution < 1.29 is 4.79 Å². The number of ketones is 1. The van der Waals surface area contributed by atoms with Gasteiger partial charge in [0.2, 0.25) is 0 Å². The Balaban J connectivity index is 2.94. The van der Waals surface area contributed by atoms with Gasteiger partial charge in [0, 0.05) is 19.2 Å². The van der Waals surface area contributed by atoms with E-state index in [1.807, 2.05) is 0 Å². The molecule has 0 aliphatic carbocycles. The van der Waals surface area contributed by atoms with Crippen molar-refractivity contribution in [3.63, 3.8) is 0 Å². The normalized spacial score (nSPS) is 10.7. The molecule has 2 aromatic heterocycles. The van der Waals surface area contributed by atoms with Gasteiger partial charge in [-0.2, -0.15) is 0 Å². The van der Waals surface area contributed by atoms with E-state index in [0.29, 0.717) is 9.84 Å². The molecule has 0 radical (unpaired) electrons. The highest BCUT2D eigenvalue weighted by molar-refractivity contribution is 7.19. The third-order valence-electron chi connectivity index (χ3n) is 1.71. The zero-order valence-electron chi connectivity index (χ0n) is 7.15. The molecule has 0 amide bonds. The highest BCUT2D eigenvalue weighted by Crippen LogP contribution is 2.24. The molecule has 0 atom stereocenters. The lowest BCUT2D eigenvalue weighted by atomic mass is 10.4. The van der Waals surface area contributed by atoms with Crippen molar-refractivity contribution in [2.45, 2.75) is 6.92 Å². The maximum atomic E-state index is 11.4. The molecule has 0 bridgehead atoms. The molecule has 0 fully saturated rings. The molecule has 4 nitrogen and oxygen atoms in total. The maximum absolute atomic E-state index is 11.4. The Morgan fingerprint density at radius 1 is 1.64 bits per heavy atom. The third-order valence-corrected chi connectivity index (χ3v) is 3.34. The number of nitrogens with zero attached hydrogens (tertiary/aromatic N) is 2. The fourth-order valence-corrected chi connectivity index (χ4v) is 2.45. The summed E-state index contributed by atoms with van der Waals surface area (Å²) in [6, 6.07) is 1.30. The predicted molar refractivity (Wildman–Crippen MR) is 54.4 cm³/mol. The van der Waals surface area contributed by atoms with E-state index in [2.05, 4.69) is 4.98 Å². The number of halogens is 1. The quantitative estimate of drug-likeness (QED) is 0.697. The van der Waals surface area contributed by atoms with E-state index < -0.39 is 0 Å². The average molecular weight is 229 g/mol. The summed E-state index contributed by atoms with van der Waals surface area (Å²) in [5.74, 6) is -0.162. The Bertz CT molecular complexity index is 572. The van der Waals surface area contributed by atoms with Gasteiger partial charge in [-0.05, 0) is 0 Å². The van der Waals surface area contributed by atoms with Gasteiger partial charge in [0.1, 0.15) is 10.0 Å². The highest BCUT2D eigenvalue weighted by Gasteiger charge is 2.15. The van der Waals surface area contributed by atoms with E-state index >= 15 is 0 Å². The van der Waals surface area contributed by atoms with E-state index in [1.54, 1.807) is 0 Å². The molecule has 2 rings (SSSR count). The Morgan fingerprint density at radius 2 is 2.36 bits per heavy atom. The van der Waals surface area contributed by atoms with Crippen LogP contribution in [0.3, 0.4) is 0 Å². The molecule has 0 saturated carbocycles. The Hall–Kier alpha value is -1.20. The molecule has 72 valence electrons. The topological polar surface area (TPSA) is 51.4 Å². The van der Waals surface area contributed by atoms with Crippen LogP contribution in [0, 0.1) is 0 Å². The van der Waals surface area contributed by atoms with Crippen molar-refractivity contribution in [2.75, 3.05) is 0 Å². The molecule has 2 aromatic rings. The summed E-state index contributed by atoms with van der Waals surface area (Å²) in [6.07, 6.45) is 1.40. The molecular weight excluding hydrogens is 224 g/mol. The van der Waals surface area contributed by atoms with Crippen LogP contribution in [0.4, 0.5) is 0 Å². The number of carbonyl (C=O) groups excluding carboxylic acids is 1. The molecule has 0 aliphatic rings. The van der Waals surface area contributed by atoms with Crippen LogP contribution in [0.25, 0.3) is 4.96 Å². The van der Waals surface area contributed by atoms with Gasteiger partial charge < -0.3 is 0 Å². The van der Waals surface area contributed by atoms with Crippen molar-refractivity contribution in [3.05, 3.63) is 32.6 Å². The highest BCUT2D eigenvalue weighted by atomic mass is 35.5. The molecular formula is C8H5ClN2O2S. The first-order valence-corrected chi connectivity index (χ1v) is 4.97. The Labute approximate surface area is 87.8 Å². The minimum atomic E-state index is -0.274. The van der Waals surface area contributed by atoms with Crippen molar-refractivity contribution >= 4 is 33.7 Å². The van der Waals surface area contributed by atoms with Crippen LogP contribution < -0.4 is 5.56 Å². The predicted octanol–water partition coefficient (Wildman–Crippen LogP) is 1.61. The van der Waals surface area contributed by atoms with Gasteiger partial charge in [0.05, 0.1) is 0 Å². The maximum Gasteiger partial charge on any atom is 0.259 e. The van der Waals surface area contributed by atoms with Crippen LogP contribution in [0.2, 0.25) is 5.15 Å². The van der Waals surface area contributed by atoms with Gasteiger partial charge >= 0.3 is 0 Å². The zero-order chi connectivity index (χ0) is 10.3. The molecule has 0 saturated heterocycles. The van der Waals surface area contributed by atoms with Crippen LogP contribution in [0.15, 0.2) is 17.1 Å². The monoisotopic (exact) mass is 228 g/mol. The number of Topliss-reactive ketones (excluding diaryl/α,β-unsaturated/α-hetero) is 1. The fourth-order valence-electron chi connectivity index (χ4n) is 1.10. The summed E-state index contributed by atoms with van der Waals surface area (Å²) in [4.78, 5) is 27.3. The molecule has 0 aliphatic heterocycles. The molecule has 6 heteroatoms. The largest absolute Gasteiger partial charge is 0.293 e. The lowest BCUT2D eigenvalue weighted by Crippen LogP contribution is -2.11. The van der Waals surface area contributed by atoms with Gasteiger partial charge in [0.25, 0.3) is 5.56 Å². The first-order valence-electron chi connectivity index (χ1n) is 3.78. The molecule has 0 N–H and O–H groups in total. The first kappa shape index (κ1) is 9.36. The minimum Gasteiger partial charge on any atom is -0.293 e. The summed E-state index contributed by atoms with van der Waals surface area (Å²) < 4.78 is 1.23. The van der Waals surface area contributed by atoms with Gasteiger partial charge in [-0.3, -0.25) is 9.59 Å². The number of hydrogen-bond donors (Lipinski definition) is 0. The molecule has 0 unspecified atom stereocenters. The van der Waals surface area contributed by atoms with Crippen LogP contribution in [-0.2, 0) is 0 Å². The number of thiazole rings is 1. The first-order chi connectivity index (χ1) is 6.61. The molecule has 14 heavy (non-hydrogen) atoms. The van der Waals surface area contributed by atoms with E-state index in [0.717, 1.165) is 11.3 Å². The summed E-state index contributed by atoms with van der Waals surface area (Å²) in [6.45, 7) is 1.40. The third kappa shape index (κ3) is 1.25. The lowest BCUT2D eigenvalue weighted by molar-refractivity contribution is 0.102. The number of hydrogen-bond acceptors (Lipinski definition) is 4. The van der Waals surface area contributed by atoms with E-state index in [4.69, 9.17) is 11.6 Å². The van der Waals surface area contributed by atoms with Crippen LogP contribution >= 0.6 is 22.9 Å². The number of fused-ring (bicyclic) bond motifs is 1. The zero-order valence-corrected chi connectivity index (χ0v) is 8.72. The summed E-state index contributed by atoms with van der Waals surface area (Å²) in [7, 11) is 0. The van der Waals surface area contributed by atoms with Crippen molar-refractivity contribution in [1.82, 2.24) is 9.38 Å². The lowest BCUT2D eigenvalue weighted by Gasteiger charge is -1.91. The van der Waals surface area contributed by atoms with E-state index in [9.17, 15) is 9.59 Å². The van der Waals surface area contributed by atoms with E-state index in [1.165, 1.54) is 23.6 Å². The van der Waals surface area contributed by atoms with Gasteiger partial charge in [-0.15, -0.1) is 0 Å². The van der Waals surface area contributed by atoms with Gasteiger partial charge in [-0.1, -0.05) is 22.9 Å². The standard InChI is InChI=1S/C8H5ClN2O2S/c1-4(12)6-7(9)11-5(13)2-3-10-8(11)14-6/h2-3H,1H3. The van der Waals surface area contributed by atoms with Crippen LogP contribution in [0.5, 0.6) is 0 Å². The Kier molecular flexibility index (Phi) is 2.13. The SMILES string of the molecule is CC(=O)c1sc2nccc(=O)n2c1Cl. The second kappa shape index (κ2) is 3.18. The molecule has 0 spiro atoms. The van der Waals surface area contributed by atoms with Crippen molar-refractivity contribution in [2.24, 2.45) is 0 Å². The Morgan fingerprint density at radius 3 is 2.93 bits per heavy atom. The smallest absolute Gasteiger partial charge is 0.259 e. The second-order valence-electron chi connectivity index (χ2n) is 2.68. The average Bonchev–Trinajstić information content (AvgIpc) is 2.45. The van der Waals surface area contributed by atoms with Crippen LogP contribution in [-0.4, -0.2) is 15.2 Å². The summed E-state index contributed by atoms with van der Waals surface area (Å²) >= 11 is 6.99. The van der Waals surface area contributed by atoms with Crippen molar-refractivity contribution in [3.8, 4) is 0 Å². The van der Waals surface area contributed by atoms with Crippen molar-refractivity contribution in [1.29, 1.82) is 0 Å². The van der Waals surface area contributed by atoms with Crippen LogP contribution in [0.1, 0.15) is 16.6 Å². The molecule has 0 aromatic carbocycles. The second-order valence-corrected chi connectivity index (χ2v) is 4.01. The fraction of sp³-hybridized carbons (Fsp3) is 0.125. The van der Waals surface area contributed by atoms with Gasteiger partial charge in [0.15, 0.2) is 10.7 Å². The number of carbonyl (C=O) groups is 1. The number of aromatic nitrogens is 2. The summed E-state index contributed by atoms with van der Waals surface area (Å²) in [5.41, 5.74) is -0.274. The number of rotatable bonds is 1.